The molecule has 0 aromatic heterocycles. The number of esters is 1. The van der Waals surface area contributed by atoms with E-state index in [4.69, 9.17) is 14.2 Å². The molecule has 0 amide bonds. The second-order valence-electron chi connectivity index (χ2n) is 4.85. The van der Waals surface area contributed by atoms with Gasteiger partial charge in [-0.05, 0) is 31.6 Å². The van der Waals surface area contributed by atoms with Crippen molar-refractivity contribution in [3.8, 4) is 11.5 Å². The summed E-state index contributed by atoms with van der Waals surface area (Å²) in [5.41, 5.74) is 0.410. The summed E-state index contributed by atoms with van der Waals surface area (Å²) in [4.78, 5) is 14.5. The van der Waals surface area contributed by atoms with Gasteiger partial charge in [0.1, 0.15) is 12.2 Å². The Morgan fingerprint density at radius 2 is 1.86 bits per heavy atom. The fourth-order valence-corrected chi connectivity index (χ4v) is 2.08. The molecule has 0 atom stereocenters. The molecule has 124 valence electrons. The average Bonchev–Trinajstić information content (AvgIpc) is 2.56. The van der Waals surface area contributed by atoms with Crippen LogP contribution in [0.25, 0.3) is 0 Å². The Morgan fingerprint density at radius 3 is 2.45 bits per heavy atom. The summed E-state index contributed by atoms with van der Waals surface area (Å²) in [6.45, 7) is 9.70. The number of methoxy groups -OCH3 is 1. The van der Waals surface area contributed by atoms with Gasteiger partial charge in [0.15, 0.2) is 11.5 Å². The zero-order valence-electron chi connectivity index (χ0n) is 14.1. The first-order valence-corrected chi connectivity index (χ1v) is 7.87. The van der Waals surface area contributed by atoms with Crippen molar-refractivity contribution < 1.29 is 19.0 Å². The molecule has 0 aliphatic heterocycles. The number of benzene rings is 1. The molecule has 0 saturated carbocycles. The van der Waals surface area contributed by atoms with E-state index in [1.165, 1.54) is 0 Å². The number of nitrogens with zero attached hydrogens (tertiary/aromatic N) is 1. The van der Waals surface area contributed by atoms with Crippen molar-refractivity contribution in [2.45, 2.75) is 27.2 Å². The Kier molecular flexibility index (Phi) is 8.36. The van der Waals surface area contributed by atoms with E-state index >= 15 is 0 Å². The molecule has 5 nitrogen and oxygen atoms in total. The summed E-state index contributed by atoms with van der Waals surface area (Å²) in [5.74, 6) is 0.628. The van der Waals surface area contributed by atoms with E-state index in [-0.39, 0.29) is 5.97 Å². The number of rotatable bonds is 10. The maximum Gasteiger partial charge on any atom is 0.342 e. The highest BCUT2D eigenvalue weighted by molar-refractivity contribution is 5.93. The number of para-hydroxylation sites is 1. The highest BCUT2D eigenvalue weighted by atomic mass is 16.5. The summed E-state index contributed by atoms with van der Waals surface area (Å²) in [5, 5.41) is 0. The Labute approximate surface area is 133 Å². The van der Waals surface area contributed by atoms with Gasteiger partial charge in [-0.25, -0.2) is 4.79 Å². The zero-order chi connectivity index (χ0) is 16.4. The van der Waals surface area contributed by atoms with Crippen molar-refractivity contribution in [1.29, 1.82) is 0 Å². The zero-order valence-corrected chi connectivity index (χ0v) is 14.1. The molecule has 0 aliphatic rings. The van der Waals surface area contributed by atoms with Crippen LogP contribution in [-0.4, -0.2) is 50.8 Å². The highest BCUT2D eigenvalue weighted by Crippen LogP contribution is 2.31. The molecule has 0 heterocycles. The van der Waals surface area contributed by atoms with Gasteiger partial charge >= 0.3 is 5.97 Å². The fraction of sp³-hybridized carbons (Fsp3) is 0.588. The van der Waals surface area contributed by atoms with E-state index in [2.05, 4.69) is 18.7 Å². The third-order valence-corrected chi connectivity index (χ3v) is 3.40. The molecule has 0 unspecified atom stereocenters. The summed E-state index contributed by atoms with van der Waals surface area (Å²) in [6.07, 6.45) is 0.856. The molecular weight excluding hydrogens is 282 g/mol. The molecule has 0 radical (unpaired) electrons. The smallest absolute Gasteiger partial charge is 0.342 e. The molecular formula is C17H27NO4. The molecule has 0 bridgehead atoms. The molecule has 1 aromatic carbocycles. The van der Waals surface area contributed by atoms with E-state index in [1.54, 1.807) is 25.3 Å². The van der Waals surface area contributed by atoms with Crippen molar-refractivity contribution in [3.05, 3.63) is 23.8 Å². The second-order valence-corrected chi connectivity index (χ2v) is 4.85. The van der Waals surface area contributed by atoms with Crippen LogP contribution in [-0.2, 0) is 4.74 Å². The molecule has 1 rings (SSSR count). The minimum absolute atomic E-state index is 0.366. The van der Waals surface area contributed by atoms with E-state index in [9.17, 15) is 4.79 Å². The van der Waals surface area contributed by atoms with Gasteiger partial charge < -0.3 is 19.1 Å². The summed E-state index contributed by atoms with van der Waals surface area (Å²) < 4.78 is 16.3. The third-order valence-electron chi connectivity index (χ3n) is 3.40. The molecule has 1 aromatic rings. The number of hydrogen-bond donors (Lipinski definition) is 0. The van der Waals surface area contributed by atoms with Gasteiger partial charge in [0.05, 0.1) is 13.7 Å². The quantitative estimate of drug-likeness (QED) is 0.622. The van der Waals surface area contributed by atoms with E-state index in [1.807, 2.05) is 6.92 Å². The molecule has 0 spiro atoms. The van der Waals surface area contributed by atoms with E-state index in [0.29, 0.717) is 30.3 Å². The van der Waals surface area contributed by atoms with Crippen LogP contribution < -0.4 is 9.47 Å². The number of carbonyl (C=O) groups excluding carboxylic acids is 1. The lowest BCUT2D eigenvalue weighted by Crippen LogP contribution is -2.28. The molecule has 0 aliphatic carbocycles. The van der Waals surface area contributed by atoms with Crippen molar-refractivity contribution in [3.63, 3.8) is 0 Å². The second kappa shape index (κ2) is 10.1. The predicted molar refractivity (Wildman–Crippen MR) is 86.9 cm³/mol. The Balaban J connectivity index is 2.75. The lowest BCUT2D eigenvalue weighted by molar-refractivity contribution is 0.0461. The number of carbonyl (C=O) groups is 1. The minimum atomic E-state index is -0.378. The lowest BCUT2D eigenvalue weighted by Gasteiger charge is -2.18. The number of hydrogen-bond acceptors (Lipinski definition) is 5. The fourth-order valence-electron chi connectivity index (χ4n) is 2.08. The lowest BCUT2D eigenvalue weighted by atomic mass is 10.2. The van der Waals surface area contributed by atoms with Crippen LogP contribution in [0.3, 0.4) is 0 Å². The first-order valence-electron chi connectivity index (χ1n) is 7.87. The van der Waals surface area contributed by atoms with Gasteiger partial charge in [-0.15, -0.1) is 0 Å². The minimum Gasteiger partial charge on any atom is -0.493 e. The standard InChI is InChI=1S/C17H27NO4/c1-5-12-21-16-14(9-8-10-15(16)20-4)17(19)22-13-11-18(6-2)7-3/h8-10H,5-7,11-13H2,1-4H3. The van der Waals surface area contributed by atoms with Crippen molar-refractivity contribution >= 4 is 5.97 Å². The predicted octanol–water partition coefficient (Wildman–Crippen LogP) is 2.98. The van der Waals surface area contributed by atoms with Gasteiger partial charge in [0.2, 0.25) is 0 Å². The van der Waals surface area contributed by atoms with Crippen molar-refractivity contribution in [2.24, 2.45) is 0 Å². The van der Waals surface area contributed by atoms with E-state index in [0.717, 1.165) is 26.1 Å². The van der Waals surface area contributed by atoms with Crippen LogP contribution in [0.2, 0.25) is 0 Å². The maximum absolute atomic E-state index is 12.3. The summed E-state index contributed by atoms with van der Waals surface area (Å²) in [7, 11) is 1.56. The van der Waals surface area contributed by atoms with Crippen molar-refractivity contribution in [1.82, 2.24) is 4.90 Å². The highest BCUT2D eigenvalue weighted by Gasteiger charge is 2.18. The first kappa shape index (κ1) is 18.3. The Bertz CT molecular complexity index is 458. The van der Waals surface area contributed by atoms with Crippen LogP contribution in [0.5, 0.6) is 11.5 Å². The van der Waals surface area contributed by atoms with Crippen LogP contribution in [0.4, 0.5) is 0 Å². The van der Waals surface area contributed by atoms with Gasteiger partial charge in [0, 0.05) is 6.54 Å². The van der Waals surface area contributed by atoms with E-state index < -0.39 is 0 Å². The maximum atomic E-state index is 12.3. The van der Waals surface area contributed by atoms with Crippen molar-refractivity contribution in [2.75, 3.05) is 40.0 Å². The topological polar surface area (TPSA) is 48.0 Å². The van der Waals surface area contributed by atoms with Crippen LogP contribution >= 0.6 is 0 Å². The molecule has 5 heteroatoms. The molecule has 0 saturated heterocycles. The van der Waals surface area contributed by atoms with Gasteiger partial charge in [-0.3, -0.25) is 0 Å². The average molecular weight is 309 g/mol. The normalized spacial score (nSPS) is 10.6. The van der Waals surface area contributed by atoms with Crippen LogP contribution in [0.1, 0.15) is 37.6 Å². The van der Waals surface area contributed by atoms with Crippen LogP contribution in [0.15, 0.2) is 18.2 Å². The summed E-state index contributed by atoms with van der Waals surface area (Å²) >= 11 is 0. The molecule has 0 N–H and O–H groups in total. The monoisotopic (exact) mass is 309 g/mol. The largest absolute Gasteiger partial charge is 0.493 e. The Morgan fingerprint density at radius 1 is 1.14 bits per heavy atom. The Hall–Kier alpha value is -1.75. The van der Waals surface area contributed by atoms with Gasteiger partial charge in [-0.1, -0.05) is 26.8 Å². The van der Waals surface area contributed by atoms with Gasteiger partial charge in [-0.2, -0.15) is 0 Å². The first-order chi connectivity index (χ1) is 10.7. The molecule has 22 heavy (non-hydrogen) atoms. The third kappa shape index (κ3) is 5.22. The van der Waals surface area contributed by atoms with Gasteiger partial charge in [0.25, 0.3) is 0 Å². The SMILES string of the molecule is CCCOc1c(OC)cccc1C(=O)OCCN(CC)CC. The number of likely N-dealkylation sites (N-methyl/N-ethyl adjacent to an activating group) is 1. The molecule has 0 fully saturated rings. The van der Waals surface area contributed by atoms with Crippen LogP contribution in [0, 0.1) is 0 Å². The number of ether oxygens (including phenoxy) is 3. The summed E-state index contributed by atoms with van der Waals surface area (Å²) in [6, 6.07) is 5.24.